The van der Waals surface area contributed by atoms with Gasteiger partial charge in [0.25, 0.3) is 0 Å². The molecule has 1 atom stereocenters. The third-order valence-corrected chi connectivity index (χ3v) is 15.6. The molecular formula is C29H47BrN3O4SSi. The van der Waals surface area contributed by atoms with E-state index in [1.165, 1.54) is 0 Å². The lowest BCUT2D eigenvalue weighted by molar-refractivity contribution is 0.0839. The van der Waals surface area contributed by atoms with Crippen molar-refractivity contribution in [1.29, 1.82) is 0 Å². The summed E-state index contributed by atoms with van der Waals surface area (Å²) in [5.41, 5.74) is 2.04. The number of rotatable bonds is 9. The zero-order chi connectivity index (χ0) is 28.6. The van der Waals surface area contributed by atoms with Crippen LogP contribution in [0.2, 0.25) is 18.1 Å². The molecule has 39 heavy (non-hydrogen) atoms. The van der Waals surface area contributed by atoms with E-state index < -0.39 is 18.2 Å². The molecule has 0 N–H and O–H groups in total. The maximum Gasteiger partial charge on any atom is 0.191 e. The van der Waals surface area contributed by atoms with E-state index in [2.05, 4.69) is 91.3 Å². The Kier molecular flexibility index (Phi) is 9.66. The lowest BCUT2D eigenvalue weighted by Crippen LogP contribution is -2.41. The van der Waals surface area contributed by atoms with E-state index in [0.717, 1.165) is 65.7 Å². The van der Waals surface area contributed by atoms with Crippen molar-refractivity contribution in [3.05, 3.63) is 28.4 Å². The van der Waals surface area contributed by atoms with Gasteiger partial charge in [-0.2, -0.15) is 0 Å². The highest BCUT2D eigenvalue weighted by atomic mass is 79.9. The Morgan fingerprint density at radius 2 is 1.85 bits per heavy atom. The third-order valence-electron chi connectivity index (χ3n) is 8.79. The summed E-state index contributed by atoms with van der Waals surface area (Å²) in [6.07, 6.45) is 3.08. The summed E-state index contributed by atoms with van der Waals surface area (Å²) in [7, 11) is -4.93. The highest BCUT2D eigenvalue weighted by Crippen LogP contribution is 2.38. The molecule has 0 spiro atoms. The summed E-state index contributed by atoms with van der Waals surface area (Å²) in [6, 6.07) is 6.58. The van der Waals surface area contributed by atoms with E-state index in [1.54, 1.807) is 0 Å². The van der Waals surface area contributed by atoms with Gasteiger partial charge >= 0.3 is 0 Å². The Bertz CT molecular complexity index is 1250. The van der Waals surface area contributed by atoms with E-state index >= 15 is 0 Å². The van der Waals surface area contributed by atoms with Crippen LogP contribution in [0.1, 0.15) is 65.6 Å². The summed E-state index contributed by atoms with van der Waals surface area (Å²) in [5.74, 6) is 1.06. The van der Waals surface area contributed by atoms with Crippen LogP contribution in [0.15, 0.2) is 22.7 Å². The number of piperidine rings is 1. The van der Waals surface area contributed by atoms with Crippen molar-refractivity contribution in [3.63, 3.8) is 0 Å². The van der Waals surface area contributed by atoms with Gasteiger partial charge in [0.2, 0.25) is 0 Å². The SMILES string of the molecule is CC(C)N1CCC(Oc2cc3cc(C4CS(=O)(=O)CC[N]4)n(CCCO[Si](C)(C)C(C)(C)C)c3cc2Br)CC1. The molecule has 219 valence electrons. The Balaban J connectivity index is 1.57. The number of hydrogen-bond donors (Lipinski definition) is 0. The predicted octanol–water partition coefficient (Wildman–Crippen LogP) is 6.14. The number of hydrogen-bond acceptors (Lipinski definition) is 5. The monoisotopic (exact) mass is 640 g/mol. The van der Waals surface area contributed by atoms with Gasteiger partial charge in [-0.05, 0) is 85.4 Å². The van der Waals surface area contributed by atoms with Gasteiger partial charge in [0.05, 0.1) is 22.0 Å². The fourth-order valence-corrected chi connectivity index (χ4v) is 8.08. The van der Waals surface area contributed by atoms with Crippen molar-refractivity contribution < 1.29 is 17.6 Å². The number of sulfone groups is 1. The molecule has 2 aliphatic rings. The molecule has 0 bridgehead atoms. The van der Waals surface area contributed by atoms with Crippen molar-refractivity contribution in [2.24, 2.45) is 0 Å². The second kappa shape index (κ2) is 12.1. The van der Waals surface area contributed by atoms with Crippen LogP contribution >= 0.6 is 15.9 Å². The number of nitrogens with zero attached hydrogens (tertiary/aromatic N) is 3. The first-order chi connectivity index (χ1) is 18.2. The van der Waals surface area contributed by atoms with E-state index in [9.17, 15) is 8.42 Å². The zero-order valence-electron chi connectivity index (χ0n) is 24.8. The van der Waals surface area contributed by atoms with Crippen LogP contribution in [0.3, 0.4) is 0 Å². The van der Waals surface area contributed by atoms with Crippen molar-refractivity contribution in [1.82, 2.24) is 14.8 Å². The van der Waals surface area contributed by atoms with E-state index in [4.69, 9.17) is 14.5 Å². The number of halogens is 1. The molecule has 0 aliphatic carbocycles. The summed E-state index contributed by atoms with van der Waals surface area (Å²) >= 11 is 3.78. The molecule has 0 saturated carbocycles. The largest absolute Gasteiger partial charge is 0.489 e. The molecule has 7 nitrogen and oxygen atoms in total. The number of ether oxygens (including phenoxy) is 1. The van der Waals surface area contributed by atoms with Crippen molar-refractivity contribution >= 4 is 45.0 Å². The van der Waals surface area contributed by atoms with Crippen LogP contribution in [-0.2, 0) is 20.8 Å². The van der Waals surface area contributed by atoms with Crippen molar-refractivity contribution in [3.8, 4) is 5.75 Å². The lowest BCUT2D eigenvalue weighted by Gasteiger charge is -2.36. The second-order valence-electron chi connectivity index (χ2n) is 13.0. The number of aryl methyl sites for hydroxylation is 1. The third kappa shape index (κ3) is 7.49. The van der Waals surface area contributed by atoms with E-state index in [0.29, 0.717) is 19.2 Å². The van der Waals surface area contributed by atoms with Gasteiger partial charge in [-0.1, -0.05) is 20.8 Å². The first kappa shape index (κ1) is 31.0. The molecule has 2 fully saturated rings. The molecule has 3 heterocycles. The molecule has 1 unspecified atom stereocenters. The van der Waals surface area contributed by atoms with Crippen LogP contribution < -0.4 is 10.1 Å². The summed E-state index contributed by atoms with van der Waals surface area (Å²) in [6.45, 7) is 19.7. The number of aromatic nitrogens is 1. The summed E-state index contributed by atoms with van der Waals surface area (Å²) < 4.78 is 41.1. The smallest absolute Gasteiger partial charge is 0.191 e. The molecule has 4 rings (SSSR count). The summed E-state index contributed by atoms with van der Waals surface area (Å²) in [5, 5.41) is 5.97. The molecule has 1 aromatic heterocycles. The lowest BCUT2D eigenvalue weighted by atomic mass is 10.1. The Morgan fingerprint density at radius 3 is 2.46 bits per heavy atom. The van der Waals surface area contributed by atoms with Crippen LogP contribution in [0.25, 0.3) is 10.9 Å². The van der Waals surface area contributed by atoms with Gasteiger partial charge < -0.3 is 18.6 Å². The van der Waals surface area contributed by atoms with Crippen LogP contribution in [0.4, 0.5) is 0 Å². The van der Waals surface area contributed by atoms with Gasteiger partial charge in [-0.3, -0.25) is 0 Å². The normalized spacial score (nSPS) is 21.6. The summed E-state index contributed by atoms with van der Waals surface area (Å²) in [4.78, 5) is 2.50. The molecule has 1 radical (unpaired) electrons. The van der Waals surface area contributed by atoms with Gasteiger partial charge in [-0.15, -0.1) is 0 Å². The highest BCUT2D eigenvalue weighted by Gasteiger charge is 2.37. The first-order valence-corrected chi connectivity index (χ1v) is 19.9. The van der Waals surface area contributed by atoms with Gasteiger partial charge in [0.1, 0.15) is 11.9 Å². The maximum atomic E-state index is 12.5. The molecule has 0 amide bonds. The fraction of sp³-hybridized carbons (Fsp3) is 0.724. The van der Waals surface area contributed by atoms with Gasteiger partial charge in [0.15, 0.2) is 18.2 Å². The fourth-order valence-electron chi connectivity index (χ4n) is 5.26. The molecule has 2 saturated heterocycles. The minimum atomic E-state index is -3.11. The average Bonchev–Trinajstić information content (AvgIpc) is 3.18. The predicted molar refractivity (Wildman–Crippen MR) is 166 cm³/mol. The van der Waals surface area contributed by atoms with E-state index in [1.807, 2.05) is 0 Å². The van der Waals surface area contributed by atoms with Crippen molar-refractivity contribution in [2.75, 3.05) is 37.7 Å². The molecular weight excluding hydrogens is 594 g/mol. The minimum Gasteiger partial charge on any atom is -0.489 e. The zero-order valence-corrected chi connectivity index (χ0v) is 28.2. The molecule has 10 heteroatoms. The average molecular weight is 642 g/mol. The van der Waals surface area contributed by atoms with Crippen LogP contribution in [0.5, 0.6) is 5.75 Å². The van der Waals surface area contributed by atoms with Gasteiger partial charge in [0, 0.05) is 55.4 Å². The quantitative estimate of drug-likeness (QED) is 0.243. The second-order valence-corrected chi connectivity index (χ2v) is 20.9. The van der Waals surface area contributed by atoms with Gasteiger partial charge in [-0.25, -0.2) is 13.7 Å². The van der Waals surface area contributed by atoms with E-state index in [-0.39, 0.29) is 28.7 Å². The number of likely N-dealkylation sites (tertiary alicyclic amines) is 1. The molecule has 1 aromatic carbocycles. The standard InChI is InChI=1S/C29H47BrN3O4SSi/c1-21(2)32-13-9-23(10-14-32)37-28-18-22-17-27(25-20-38(34,35)16-11-31-25)33(26(22)19-24(28)30)12-8-15-36-39(6,7)29(3,4)5/h17-19,21,23,25H,8-16,20H2,1-7H3. The topological polar surface area (TPSA) is 74.9 Å². The highest BCUT2D eigenvalue weighted by molar-refractivity contribution is 9.10. The molecule has 2 aromatic rings. The van der Waals surface area contributed by atoms with Crippen molar-refractivity contribution in [2.45, 2.75) is 96.7 Å². The minimum absolute atomic E-state index is 0.0722. The maximum absolute atomic E-state index is 12.5. The Hall–Kier alpha value is -0.913. The number of fused-ring (bicyclic) bond motifs is 1. The first-order valence-electron chi connectivity index (χ1n) is 14.4. The van der Waals surface area contributed by atoms with Crippen LogP contribution in [-0.4, -0.2) is 76.1 Å². The Labute approximate surface area is 245 Å². The Morgan fingerprint density at radius 1 is 1.15 bits per heavy atom. The molecule has 2 aliphatic heterocycles. The van der Waals surface area contributed by atoms with Crippen LogP contribution in [0, 0.1) is 0 Å². The number of benzene rings is 1.